The van der Waals surface area contributed by atoms with Crippen LogP contribution < -0.4 is 0 Å². The van der Waals surface area contributed by atoms with Gasteiger partial charge in [-0.05, 0) is 93.3 Å². The fourth-order valence-electron chi connectivity index (χ4n) is 7.20. The van der Waals surface area contributed by atoms with Crippen LogP contribution in [0.25, 0.3) is 44.5 Å². The number of benzene rings is 6. The van der Waals surface area contributed by atoms with E-state index in [1.165, 1.54) is 55.7 Å². The second-order valence-corrected chi connectivity index (χ2v) is 12.8. The number of para-hydroxylation sites is 1. The van der Waals surface area contributed by atoms with Crippen molar-refractivity contribution < 1.29 is 0 Å². The summed E-state index contributed by atoms with van der Waals surface area (Å²) in [6.07, 6.45) is 9.74. The predicted octanol–water partition coefficient (Wildman–Crippen LogP) is 12.1. The van der Waals surface area contributed by atoms with Crippen LogP contribution in [0, 0.1) is 6.92 Å². The van der Waals surface area contributed by atoms with Crippen LogP contribution in [0.4, 0.5) is 0 Å². The molecule has 0 radical (unpaired) electrons. The lowest BCUT2D eigenvalue weighted by Crippen LogP contribution is -2.04. The molecule has 236 valence electrons. The number of allylic oxidation sites excluding steroid dienone is 5. The molecule has 2 nitrogen and oxygen atoms in total. The number of imidazole rings is 1. The molecule has 1 aliphatic carbocycles. The molecule has 0 aliphatic heterocycles. The number of nitrogens with zero attached hydrogens (tertiary/aromatic N) is 2. The first kappa shape index (κ1) is 30.4. The first-order valence-corrected chi connectivity index (χ1v) is 17.1. The monoisotopic (exact) mass is 630 g/mol. The van der Waals surface area contributed by atoms with Gasteiger partial charge < -0.3 is 0 Å². The molecular weight excluding hydrogens is 593 g/mol. The van der Waals surface area contributed by atoms with E-state index in [0.717, 1.165) is 29.0 Å². The van der Waals surface area contributed by atoms with Gasteiger partial charge in [0.1, 0.15) is 5.82 Å². The fraction of sp³-hybridized carbons (Fsp3) is 0.0851. The van der Waals surface area contributed by atoms with Gasteiger partial charge in [0.2, 0.25) is 0 Å². The largest absolute Gasteiger partial charge is 0.297 e. The lowest BCUT2D eigenvalue weighted by molar-refractivity contribution is 0.917. The lowest BCUT2D eigenvalue weighted by atomic mass is 9.82. The van der Waals surface area contributed by atoms with Crippen molar-refractivity contribution in [1.29, 1.82) is 0 Å². The highest BCUT2D eigenvalue weighted by Gasteiger charge is 2.19. The number of hydrogen-bond donors (Lipinski definition) is 0. The van der Waals surface area contributed by atoms with E-state index in [4.69, 9.17) is 4.98 Å². The molecular formula is C47H38N2. The zero-order chi connectivity index (χ0) is 33.2. The minimum atomic E-state index is 0.226. The van der Waals surface area contributed by atoms with E-state index < -0.39 is 0 Å². The maximum Gasteiger partial charge on any atom is 0.111 e. The summed E-state index contributed by atoms with van der Waals surface area (Å²) in [7, 11) is 0. The van der Waals surface area contributed by atoms with Crippen LogP contribution >= 0.6 is 0 Å². The zero-order valence-corrected chi connectivity index (χ0v) is 27.9. The summed E-state index contributed by atoms with van der Waals surface area (Å²) in [4.78, 5) is 4.85. The summed E-state index contributed by atoms with van der Waals surface area (Å²) in [5, 5.41) is 0. The lowest BCUT2D eigenvalue weighted by Gasteiger charge is -2.22. The second-order valence-electron chi connectivity index (χ2n) is 12.8. The standard InChI is InChI=1S/C47H38N2/c1-33(35-22-24-37(25-23-35)36-14-6-3-7-15-36)43-20-12-13-21-44(43)47(39-16-8-4-9-17-39)40-28-26-38(27-29-40)41-30-31-45-46(32-41)49(34(2)48-45)42-18-10-5-11-19-42/h3-16,18-33H,17H2,1-2H3/b47-39-. The number of rotatable bonds is 7. The van der Waals surface area contributed by atoms with Crippen molar-refractivity contribution in [3.8, 4) is 27.9 Å². The predicted molar refractivity (Wildman–Crippen MR) is 206 cm³/mol. The van der Waals surface area contributed by atoms with Gasteiger partial charge >= 0.3 is 0 Å². The third-order valence-corrected chi connectivity index (χ3v) is 9.76. The van der Waals surface area contributed by atoms with E-state index in [2.05, 4.69) is 194 Å². The maximum absolute atomic E-state index is 4.85. The van der Waals surface area contributed by atoms with Crippen molar-refractivity contribution in [3.63, 3.8) is 0 Å². The molecule has 1 heterocycles. The van der Waals surface area contributed by atoms with E-state index in [1.807, 2.05) is 0 Å². The van der Waals surface area contributed by atoms with Crippen LogP contribution in [0.2, 0.25) is 0 Å². The second kappa shape index (κ2) is 13.3. The minimum Gasteiger partial charge on any atom is -0.297 e. The summed E-state index contributed by atoms with van der Waals surface area (Å²) < 4.78 is 2.24. The van der Waals surface area contributed by atoms with Gasteiger partial charge in [-0.1, -0.05) is 159 Å². The Morgan fingerprint density at radius 3 is 2.00 bits per heavy atom. The Balaban J connectivity index is 1.16. The summed E-state index contributed by atoms with van der Waals surface area (Å²) in [5.41, 5.74) is 15.9. The number of aromatic nitrogens is 2. The number of fused-ring (bicyclic) bond motifs is 1. The molecule has 1 unspecified atom stereocenters. The molecule has 6 aromatic carbocycles. The average molecular weight is 631 g/mol. The molecule has 0 spiro atoms. The van der Waals surface area contributed by atoms with Crippen molar-refractivity contribution in [3.05, 3.63) is 210 Å². The molecule has 1 atom stereocenters. The van der Waals surface area contributed by atoms with Crippen LogP contribution in [0.5, 0.6) is 0 Å². The molecule has 1 aliphatic rings. The smallest absolute Gasteiger partial charge is 0.111 e. The minimum absolute atomic E-state index is 0.226. The Labute approximate surface area is 289 Å². The van der Waals surface area contributed by atoms with Gasteiger partial charge in [0, 0.05) is 11.6 Å². The normalized spacial score (nSPS) is 14.2. The van der Waals surface area contributed by atoms with Gasteiger partial charge in [0.25, 0.3) is 0 Å². The van der Waals surface area contributed by atoms with E-state index >= 15 is 0 Å². The van der Waals surface area contributed by atoms with E-state index in [1.54, 1.807) is 0 Å². The number of hydrogen-bond acceptors (Lipinski definition) is 1. The molecule has 0 fully saturated rings. The van der Waals surface area contributed by atoms with Gasteiger partial charge in [-0.25, -0.2) is 4.98 Å². The SMILES string of the molecule is Cc1nc2ccc(-c3ccc(/C(=C4\C=CC=CC4)c4ccccc4C(C)c4ccc(-c5ccccc5)cc4)cc3)cc2n1-c1ccccc1. The highest BCUT2D eigenvalue weighted by atomic mass is 15.1. The molecule has 0 amide bonds. The third kappa shape index (κ3) is 5.98. The zero-order valence-electron chi connectivity index (χ0n) is 27.9. The quantitative estimate of drug-likeness (QED) is 0.171. The van der Waals surface area contributed by atoms with Gasteiger partial charge in [0.05, 0.1) is 11.0 Å². The Hall–Kier alpha value is -5.99. The maximum atomic E-state index is 4.85. The average Bonchev–Trinajstić information content (AvgIpc) is 3.51. The van der Waals surface area contributed by atoms with Crippen molar-refractivity contribution in [2.24, 2.45) is 0 Å². The Kier molecular flexibility index (Phi) is 8.21. The van der Waals surface area contributed by atoms with Crippen LogP contribution in [0.3, 0.4) is 0 Å². The van der Waals surface area contributed by atoms with E-state index in [9.17, 15) is 0 Å². The topological polar surface area (TPSA) is 17.8 Å². The molecule has 0 saturated heterocycles. The van der Waals surface area contributed by atoms with E-state index in [0.29, 0.717) is 0 Å². The van der Waals surface area contributed by atoms with Crippen LogP contribution in [-0.2, 0) is 0 Å². The molecule has 0 N–H and O–H groups in total. The highest BCUT2D eigenvalue weighted by Crippen LogP contribution is 2.38. The Morgan fingerprint density at radius 2 is 1.27 bits per heavy atom. The summed E-state index contributed by atoms with van der Waals surface area (Å²) >= 11 is 0. The van der Waals surface area contributed by atoms with E-state index in [-0.39, 0.29) is 5.92 Å². The molecule has 0 saturated carbocycles. The fourth-order valence-corrected chi connectivity index (χ4v) is 7.20. The summed E-state index contributed by atoms with van der Waals surface area (Å²) in [6, 6.07) is 54.8. The molecule has 0 bridgehead atoms. The van der Waals surface area contributed by atoms with Crippen molar-refractivity contribution >= 4 is 16.6 Å². The Bertz CT molecular complexity index is 2340. The van der Waals surface area contributed by atoms with Gasteiger partial charge in [0.15, 0.2) is 0 Å². The van der Waals surface area contributed by atoms with Crippen molar-refractivity contribution in [1.82, 2.24) is 9.55 Å². The third-order valence-electron chi connectivity index (χ3n) is 9.76. The molecule has 8 rings (SSSR count). The Morgan fingerprint density at radius 1 is 0.633 bits per heavy atom. The first-order valence-electron chi connectivity index (χ1n) is 17.1. The van der Waals surface area contributed by atoms with Gasteiger partial charge in [-0.15, -0.1) is 0 Å². The number of aryl methyl sites for hydroxylation is 1. The van der Waals surface area contributed by atoms with Crippen molar-refractivity contribution in [2.75, 3.05) is 0 Å². The van der Waals surface area contributed by atoms with Crippen LogP contribution in [-0.4, -0.2) is 9.55 Å². The van der Waals surface area contributed by atoms with Crippen LogP contribution in [0.15, 0.2) is 182 Å². The van der Waals surface area contributed by atoms with Crippen LogP contribution in [0.1, 0.15) is 47.3 Å². The van der Waals surface area contributed by atoms with Crippen molar-refractivity contribution in [2.45, 2.75) is 26.2 Å². The summed E-state index contributed by atoms with van der Waals surface area (Å²) in [6.45, 7) is 4.40. The highest BCUT2D eigenvalue weighted by molar-refractivity contribution is 5.88. The molecule has 2 heteroatoms. The summed E-state index contributed by atoms with van der Waals surface area (Å²) in [5.74, 6) is 1.21. The molecule has 1 aromatic heterocycles. The van der Waals surface area contributed by atoms with Gasteiger partial charge in [-0.2, -0.15) is 0 Å². The first-order chi connectivity index (χ1) is 24.1. The molecule has 49 heavy (non-hydrogen) atoms. The molecule has 7 aromatic rings. The van der Waals surface area contributed by atoms with Gasteiger partial charge in [-0.3, -0.25) is 4.57 Å².